The number of amides is 1. The molecule has 0 bridgehead atoms. The Morgan fingerprint density at radius 2 is 2.20 bits per heavy atom. The summed E-state index contributed by atoms with van der Waals surface area (Å²) in [5, 5.41) is 3.57. The predicted octanol–water partition coefficient (Wildman–Crippen LogP) is 3.79. The Hall–Kier alpha value is -1.62. The molecule has 0 aliphatic heterocycles. The van der Waals surface area contributed by atoms with Gasteiger partial charge in [0.25, 0.3) is 0 Å². The highest BCUT2D eigenvalue weighted by Gasteiger charge is 2.16. The number of rotatable bonds is 4. The fourth-order valence-corrected chi connectivity index (χ4v) is 3.74. The van der Waals surface area contributed by atoms with Gasteiger partial charge in [-0.3, -0.25) is 4.79 Å². The lowest BCUT2D eigenvalue weighted by Crippen LogP contribution is -2.12. The van der Waals surface area contributed by atoms with Gasteiger partial charge in [0.1, 0.15) is 0 Å². The van der Waals surface area contributed by atoms with Crippen molar-refractivity contribution in [3.05, 3.63) is 18.2 Å². The standard InChI is InChI=1S/C15H19N3OS/c16-11-6-7-12-13(9-11)20-15(17-12)18-14(19)8-5-10-3-1-2-4-10/h6-7,9-10H,1-5,8,16H2,(H,17,18,19). The van der Waals surface area contributed by atoms with E-state index >= 15 is 0 Å². The Kier molecular flexibility index (Phi) is 3.87. The van der Waals surface area contributed by atoms with Crippen molar-refractivity contribution < 1.29 is 4.79 Å². The summed E-state index contributed by atoms with van der Waals surface area (Å²) in [4.78, 5) is 16.3. The van der Waals surface area contributed by atoms with E-state index in [1.807, 2.05) is 18.2 Å². The van der Waals surface area contributed by atoms with Crippen LogP contribution in [0, 0.1) is 5.92 Å². The number of hydrogen-bond donors (Lipinski definition) is 2. The highest BCUT2D eigenvalue weighted by atomic mass is 32.1. The van der Waals surface area contributed by atoms with Crippen molar-refractivity contribution in [1.29, 1.82) is 0 Å². The van der Waals surface area contributed by atoms with Gasteiger partial charge >= 0.3 is 0 Å². The molecule has 1 aliphatic rings. The van der Waals surface area contributed by atoms with Crippen molar-refractivity contribution in [1.82, 2.24) is 4.98 Å². The second-order valence-electron chi connectivity index (χ2n) is 5.48. The molecule has 3 rings (SSSR count). The highest BCUT2D eigenvalue weighted by Crippen LogP contribution is 2.30. The van der Waals surface area contributed by atoms with Crippen LogP contribution in [0.25, 0.3) is 10.2 Å². The first kappa shape index (κ1) is 13.4. The molecule has 0 unspecified atom stereocenters. The van der Waals surface area contributed by atoms with Gasteiger partial charge in [-0.05, 0) is 30.5 Å². The zero-order chi connectivity index (χ0) is 13.9. The number of carbonyl (C=O) groups excluding carboxylic acids is 1. The van der Waals surface area contributed by atoms with Gasteiger partial charge in [0.05, 0.1) is 10.2 Å². The quantitative estimate of drug-likeness (QED) is 0.841. The first-order valence-electron chi connectivity index (χ1n) is 7.16. The molecule has 1 saturated carbocycles. The zero-order valence-corrected chi connectivity index (χ0v) is 12.2. The fraction of sp³-hybridized carbons (Fsp3) is 0.467. The van der Waals surface area contributed by atoms with Crippen LogP contribution in [0.1, 0.15) is 38.5 Å². The van der Waals surface area contributed by atoms with Gasteiger partial charge in [-0.2, -0.15) is 0 Å². The number of nitrogen functional groups attached to an aromatic ring is 1. The number of fused-ring (bicyclic) bond motifs is 1. The van der Waals surface area contributed by atoms with Crippen LogP contribution in [0.4, 0.5) is 10.8 Å². The van der Waals surface area contributed by atoms with Crippen molar-refractivity contribution in [2.45, 2.75) is 38.5 Å². The predicted molar refractivity (Wildman–Crippen MR) is 83.9 cm³/mol. The number of benzene rings is 1. The van der Waals surface area contributed by atoms with Gasteiger partial charge in [0, 0.05) is 12.1 Å². The van der Waals surface area contributed by atoms with E-state index in [0.717, 1.165) is 28.2 Å². The number of aromatic nitrogens is 1. The minimum Gasteiger partial charge on any atom is -0.399 e. The molecular formula is C15H19N3OS. The monoisotopic (exact) mass is 289 g/mol. The summed E-state index contributed by atoms with van der Waals surface area (Å²) in [7, 11) is 0. The zero-order valence-electron chi connectivity index (χ0n) is 11.4. The van der Waals surface area contributed by atoms with Crippen LogP contribution in [0.2, 0.25) is 0 Å². The van der Waals surface area contributed by atoms with E-state index in [4.69, 9.17) is 5.73 Å². The molecule has 0 spiro atoms. The topological polar surface area (TPSA) is 68.0 Å². The van der Waals surface area contributed by atoms with Crippen molar-refractivity contribution in [3.63, 3.8) is 0 Å². The molecule has 3 N–H and O–H groups in total. The third-order valence-corrected chi connectivity index (χ3v) is 4.85. The summed E-state index contributed by atoms with van der Waals surface area (Å²) in [5.41, 5.74) is 7.35. The molecule has 2 aromatic rings. The normalized spacial score (nSPS) is 15.8. The minimum absolute atomic E-state index is 0.0731. The maximum Gasteiger partial charge on any atom is 0.226 e. The second-order valence-corrected chi connectivity index (χ2v) is 6.51. The Labute approximate surface area is 122 Å². The molecule has 1 heterocycles. The first-order chi connectivity index (χ1) is 9.70. The summed E-state index contributed by atoms with van der Waals surface area (Å²) < 4.78 is 1.01. The van der Waals surface area contributed by atoms with Crippen LogP contribution in [0.5, 0.6) is 0 Å². The fourth-order valence-electron chi connectivity index (χ4n) is 2.81. The number of anilines is 2. The molecule has 1 aliphatic carbocycles. The first-order valence-corrected chi connectivity index (χ1v) is 7.98. The van der Waals surface area contributed by atoms with Gasteiger partial charge in [0.15, 0.2) is 5.13 Å². The van der Waals surface area contributed by atoms with E-state index in [1.54, 1.807) is 0 Å². The van der Waals surface area contributed by atoms with Crippen molar-refractivity contribution in [2.24, 2.45) is 5.92 Å². The van der Waals surface area contributed by atoms with E-state index in [-0.39, 0.29) is 5.91 Å². The Bertz CT molecular complexity index is 617. The van der Waals surface area contributed by atoms with Crippen LogP contribution in [0.15, 0.2) is 18.2 Å². The van der Waals surface area contributed by atoms with Gasteiger partial charge in [0.2, 0.25) is 5.91 Å². The lowest BCUT2D eigenvalue weighted by Gasteiger charge is -2.07. The summed E-state index contributed by atoms with van der Waals surface area (Å²) in [6.45, 7) is 0. The SMILES string of the molecule is Nc1ccc2nc(NC(=O)CCC3CCCC3)sc2c1. The lowest BCUT2D eigenvalue weighted by atomic mass is 10.0. The molecule has 1 amide bonds. The third-order valence-electron chi connectivity index (χ3n) is 3.91. The molecule has 4 nitrogen and oxygen atoms in total. The molecular weight excluding hydrogens is 270 g/mol. The maximum absolute atomic E-state index is 11.9. The summed E-state index contributed by atoms with van der Waals surface area (Å²) >= 11 is 1.47. The van der Waals surface area contributed by atoms with Gasteiger partial charge in [-0.15, -0.1) is 0 Å². The van der Waals surface area contributed by atoms with Crippen LogP contribution < -0.4 is 11.1 Å². The van der Waals surface area contributed by atoms with Gasteiger partial charge in [-0.1, -0.05) is 37.0 Å². The molecule has 1 aromatic heterocycles. The minimum atomic E-state index is 0.0731. The van der Waals surface area contributed by atoms with E-state index in [2.05, 4.69) is 10.3 Å². The number of hydrogen-bond acceptors (Lipinski definition) is 4. The molecule has 20 heavy (non-hydrogen) atoms. The van der Waals surface area contributed by atoms with Crippen LogP contribution in [0.3, 0.4) is 0 Å². The number of thiazole rings is 1. The largest absolute Gasteiger partial charge is 0.399 e. The molecule has 0 radical (unpaired) electrons. The van der Waals surface area contributed by atoms with Crippen molar-refractivity contribution in [3.8, 4) is 0 Å². The number of carbonyl (C=O) groups is 1. The van der Waals surface area contributed by atoms with E-state index in [1.165, 1.54) is 37.0 Å². The Morgan fingerprint density at radius 3 is 3.00 bits per heavy atom. The van der Waals surface area contributed by atoms with Gasteiger partial charge in [-0.25, -0.2) is 4.98 Å². The van der Waals surface area contributed by atoms with Crippen LogP contribution in [-0.2, 0) is 4.79 Å². The Morgan fingerprint density at radius 1 is 1.40 bits per heavy atom. The number of nitrogens with one attached hydrogen (secondary N) is 1. The summed E-state index contributed by atoms with van der Waals surface area (Å²) in [5.74, 6) is 0.819. The average molecular weight is 289 g/mol. The third kappa shape index (κ3) is 3.10. The summed E-state index contributed by atoms with van der Waals surface area (Å²) in [6, 6.07) is 5.60. The van der Waals surface area contributed by atoms with Crippen LogP contribution >= 0.6 is 11.3 Å². The smallest absolute Gasteiger partial charge is 0.226 e. The van der Waals surface area contributed by atoms with E-state index in [9.17, 15) is 4.79 Å². The van der Waals surface area contributed by atoms with Crippen molar-refractivity contribution in [2.75, 3.05) is 11.1 Å². The van der Waals surface area contributed by atoms with E-state index < -0.39 is 0 Å². The Balaban J connectivity index is 1.59. The molecule has 1 fully saturated rings. The molecule has 0 saturated heterocycles. The second kappa shape index (κ2) is 5.79. The van der Waals surface area contributed by atoms with Gasteiger partial charge < -0.3 is 11.1 Å². The molecule has 106 valence electrons. The lowest BCUT2D eigenvalue weighted by molar-refractivity contribution is -0.116. The number of nitrogens with two attached hydrogens (primary N) is 1. The van der Waals surface area contributed by atoms with Crippen molar-refractivity contribution >= 4 is 38.3 Å². The molecule has 5 heteroatoms. The number of nitrogens with zero attached hydrogens (tertiary/aromatic N) is 1. The average Bonchev–Trinajstić information content (AvgIpc) is 3.04. The van der Waals surface area contributed by atoms with Crippen LogP contribution in [-0.4, -0.2) is 10.9 Å². The summed E-state index contributed by atoms with van der Waals surface area (Å²) in [6.07, 6.45) is 6.82. The highest BCUT2D eigenvalue weighted by molar-refractivity contribution is 7.22. The van der Waals surface area contributed by atoms with E-state index in [0.29, 0.717) is 11.6 Å². The molecule has 1 aromatic carbocycles. The molecule has 0 atom stereocenters. The maximum atomic E-state index is 11.9.